The fourth-order valence-electron chi connectivity index (χ4n) is 3.35. The molecule has 1 fully saturated rings. The molecule has 0 spiro atoms. The van der Waals surface area contributed by atoms with Gasteiger partial charge in [0.15, 0.2) is 0 Å². The van der Waals surface area contributed by atoms with Gasteiger partial charge in [-0.15, -0.1) is 0 Å². The number of allylic oxidation sites excluding steroid dienone is 1. The Labute approximate surface area is 142 Å². The van der Waals surface area contributed by atoms with E-state index < -0.39 is 0 Å². The van der Waals surface area contributed by atoms with E-state index in [1.165, 1.54) is 12.8 Å². The molecule has 0 atom stereocenters. The highest BCUT2D eigenvalue weighted by atomic mass is 16.5. The first-order valence-corrected chi connectivity index (χ1v) is 8.72. The fraction of sp³-hybridized carbons (Fsp3) is 0.450. The van der Waals surface area contributed by atoms with Gasteiger partial charge in [0.2, 0.25) is 5.91 Å². The van der Waals surface area contributed by atoms with Crippen LogP contribution < -0.4 is 10.1 Å². The zero-order chi connectivity index (χ0) is 17.1. The number of rotatable bonds is 5. The highest BCUT2D eigenvalue weighted by molar-refractivity contribution is 5.97. The average Bonchev–Trinajstić information content (AvgIpc) is 3.17. The van der Waals surface area contributed by atoms with Crippen LogP contribution in [0, 0.1) is 6.92 Å². The highest BCUT2D eigenvalue weighted by Gasteiger charge is 2.17. The Kier molecular flexibility index (Phi) is 4.93. The Morgan fingerprint density at radius 2 is 2.12 bits per heavy atom. The predicted molar refractivity (Wildman–Crippen MR) is 96.2 cm³/mol. The number of fused-ring (bicyclic) bond motifs is 1. The minimum atomic E-state index is -0.0224. The summed E-state index contributed by atoms with van der Waals surface area (Å²) in [6.07, 6.45) is 8.01. The molecular formula is C20H25NO3. The lowest BCUT2D eigenvalue weighted by Crippen LogP contribution is -2.31. The van der Waals surface area contributed by atoms with Crippen molar-refractivity contribution in [2.45, 2.75) is 52.5 Å². The van der Waals surface area contributed by atoms with E-state index in [1.807, 2.05) is 32.9 Å². The normalized spacial score (nSPS) is 15.9. The third kappa shape index (κ3) is 3.48. The Morgan fingerprint density at radius 1 is 1.38 bits per heavy atom. The van der Waals surface area contributed by atoms with Crippen LogP contribution in [0.5, 0.6) is 5.75 Å². The summed E-state index contributed by atoms with van der Waals surface area (Å²) in [7, 11) is 0. The number of hydrogen-bond donors (Lipinski definition) is 1. The maximum Gasteiger partial charge on any atom is 0.244 e. The number of hydrogen-bond acceptors (Lipinski definition) is 3. The molecule has 1 aromatic carbocycles. The molecule has 2 aromatic rings. The van der Waals surface area contributed by atoms with Crippen molar-refractivity contribution < 1.29 is 13.9 Å². The molecule has 0 aliphatic heterocycles. The number of carbonyl (C=O) groups excluding carboxylic acids is 1. The zero-order valence-corrected chi connectivity index (χ0v) is 14.6. The smallest absolute Gasteiger partial charge is 0.244 e. The summed E-state index contributed by atoms with van der Waals surface area (Å²) in [5, 5.41) is 4.15. The van der Waals surface area contributed by atoms with Gasteiger partial charge in [-0.2, -0.15) is 0 Å². The van der Waals surface area contributed by atoms with Crippen LogP contribution in [0.25, 0.3) is 16.5 Å². The van der Waals surface area contributed by atoms with Gasteiger partial charge < -0.3 is 14.5 Å². The lowest BCUT2D eigenvalue weighted by Gasteiger charge is -2.13. The lowest BCUT2D eigenvalue weighted by molar-refractivity contribution is -0.117. The Morgan fingerprint density at radius 3 is 2.83 bits per heavy atom. The van der Waals surface area contributed by atoms with Crippen LogP contribution in [0.4, 0.5) is 0 Å². The molecule has 0 unspecified atom stereocenters. The van der Waals surface area contributed by atoms with E-state index in [0.29, 0.717) is 12.6 Å². The minimum absolute atomic E-state index is 0.0224. The maximum absolute atomic E-state index is 12.3. The van der Waals surface area contributed by atoms with Crippen molar-refractivity contribution in [1.29, 1.82) is 0 Å². The van der Waals surface area contributed by atoms with E-state index in [0.717, 1.165) is 46.3 Å². The number of amides is 1. The molecule has 1 saturated carbocycles. The van der Waals surface area contributed by atoms with Gasteiger partial charge in [-0.3, -0.25) is 4.79 Å². The second-order valence-electron chi connectivity index (χ2n) is 6.51. The Hall–Kier alpha value is -2.23. The molecule has 0 saturated heterocycles. The van der Waals surface area contributed by atoms with Crippen molar-refractivity contribution in [2.75, 3.05) is 6.61 Å². The van der Waals surface area contributed by atoms with Crippen LogP contribution in [0.15, 0.2) is 28.9 Å². The molecule has 0 bridgehead atoms. The van der Waals surface area contributed by atoms with Gasteiger partial charge in [0, 0.05) is 29.1 Å². The quantitative estimate of drug-likeness (QED) is 0.816. The molecule has 128 valence electrons. The lowest BCUT2D eigenvalue weighted by atomic mass is 10.0. The highest BCUT2D eigenvalue weighted by Crippen LogP contribution is 2.33. The van der Waals surface area contributed by atoms with Crippen LogP contribution in [0.1, 0.15) is 50.7 Å². The van der Waals surface area contributed by atoms with Crippen molar-refractivity contribution in [1.82, 2.24) is 5.32 Å². The third-order valence-corrected chi connectivity index (χ3v) is 4.64. The summed E-state index contributed by atoms with van der Waals surface area (Å²) in [5.74, 6) is 0.729. The molecule has 1 N–H and O–H groups in total. The van der Waals surface area contributed by atoms with E-state index in [-0.39, 0.29) is 5.91 Å². The Balaban J connectivity index is 1.90. The van der Waals surface area contributed by atoms with Crippen LogP contribution in [0.2, 0.25) is 0 Å². The summed E-state index contributed by atoms with van der Waals surface area (Å²) >= 11 is 0. The molecule has 4 nitrogen and oxygen atoms in total. The minimum Gasteiger partial charge on any atom is -0.493 e. The number of carbonyl (C=O) groups is 1. The van der Waals surface area contributed by atoms with Gasteiger partial charge >= 0.3 is 0 Å². The zero-order valence-electron chi connectivity index (χ0n) is 14.6. The molecule has 1 heterocycles. The van der Waals surface area contributed by atoms with E-state index >= 15 is 0 Å². The largest absolute Gasteiger partial charge is 0.493 e. The van der Waals surface area contributed by atoms with Crippen LogP contribution in [0.3, 0.4) is 0 Å². The fourth-order valence-corrected chi connectivity index (χ4v) is 3.35. The van der Waals surface area contributed by atoms with Crippen LogP contribution in [-0.2, 0) is 4.79 Å². The summed E-state index contributed by atoms with van der Waals surface area (Å²) in [6, 6.07) is 4.29. The molecule has 1 aromatic heterocycles. The van der Waals surface area contributed by atoms with E-state index in [1.54, 1.807) is 12.3 Å². The van der Waals surface area contributed by atoms with Gasteiger partial charge in [0.05, 0.1) is 12.9 Å². The first-order chi connectivity index (χ1) is 11.6. The summed E-state index contributed by atoms with van der Waals surface area (Å²) in [5.41, 5.74) is 3.73. The molecule has 4 heteroatoms. The second-order valence-corrected chi connectivity index (χ2v) is 6.51. The first-order valence-electron chi connectivity index (χ1n) is 8.72. The molecule has 1 aliphatic rings. The van der Waals surface area contributed by atoms with E-state index in [2.05, 4.69) is 5.32 Å². The Bertz CT molecular complexity index is 767. The predicted octanol–water partition coefficient (Wildman–Crippen LogP) is 4.60. The second kappa shape index (κ2) is 7.12. The van der Waals surface area contributed by atoms with Crippen molar-refractivity contribution in [3.05, 3.63) is 35.6 Å². The standard InChI is InChI=1S/C20H25NO3/c1-4-23-18-11-19-17(14(3)12-24-19)10-16(18)13(2)9-20(22)21-15-7-5-6-8-15/h9-12,15H,4-8H2,1-3H3,(H,21,22)/b13-9+. The van der Waals surface area contributed by atoms with Gasteiger partial charge in [-0.05, 0) is 50.8 Å². The first kappa shape index (κ1) is 16.6. The van der Waals surface area contributed by atoms with Gasteiger partial charge in [-0.25, -0.2) is 0 Å². The average molecular weight is 327 g/mol. The van der Waals surface area contributed by atoms with Gasteiger partial charge in [0.1, 0.15) is 11.3 Å². The number of benzene rings is 1. The number of ether oxygens (including phenoxy) is 1. The molecule has 1 amide bonds. The van der Waals surface area contributed by atoms with Crippen LogP contribution in [-0.4, -0.2) is 18.6 Å². The molecule has 0 radical (unpaired) electrons. The molecule has 3 rings (SSSR count). The number of furan rings is 1. The van der Waals surface area contributed by atoms with Crippen molar-refractivity contribution >= 4 is 22.4 Å². The summed E-state index contributed by atoms with van der Waals surface area (Å²) in [6.45, 7) is 6.49. The number of aryl methyl sites for hydroxylation is 1. The SMILES string of the molecule is CCOc1cc2occ(C)c2cc1/C(C)=C/C(=O)NC1CCCC1. The topological polar surface area (TPSA) is 51.5 Å². The van der Waals surface area contributed by atoms with E-state index in [4.69, 9.17) is 9.15 Å². The van der Waals surface area contributed by atoms with E-state index in [9.17, 15) is 4.79 Å². The number of nitrogens with one attached hydrogen (secondary N) is 1. The van der Waals surface area contributed by atoms with Crippen molar-refractivity contribution in [2.24, 2.45) is 0 Å². The van der Waals surface area contributed by atoms with Crippen LogP contribution >= 0.6 is 0 Å². The summed E-state index contributed by atoms with van der Waals surface area (Å²) in [4.78, 5) is 12.3. The monoisotopic (exact) mass is 327 g/mol. The van der Waals surface area contributed by atoms with Gasteiger partial charge in [0.25, 0.3) is 0 Å². The van der Waals surface area contributed by atoms with Crippen molar-refractivity contribution in [3.8, 4) is 5.75 Å². The third-order valence-electron chi connectivity index (χ3n) is 4.64. The molecular weight excluding hydrogens is 302 g/mol. The maximum atomic E-state index is 12.3. The molecule has 24 heavy (non-hydrogen) atoms. The van der Waals surface area contributed by atoms with Gasteiger partial charge in [-0.1, -0.05) is 12.8 Å². The summed E-state index contributed by atoms with van der Waals surface area (Å²) < 4.78 is 11.3. The van der Waals surface area contributed by atoms with Crippen molar-refractivity contribution in [3.63, 3.8) is 0 Å². The molecule has 1 aliphatic carbocycles.